The Hall–Kier alpha value is -2.35. The molecule has 0 aromatic carbocycles. The maximum Gasteiger partial charge on any atom is 0.338 e. The number of allylic oxidation sites excluding steroid dienone is 2. The Balaban J connectivity index is 2.71. The van der Waals surface area contributed by atoms with Crippen molar-refractivity contribution < 1.29 is 17.9 Å². The smallest absolute Gasteiger partial charge is 0.338 e. The van der Waals surface area contributed by atoms with Crippen LogP contribution in [-0.4, -0.2) is 31.7 Å². The van der Waals surface area contributed by atoms with E-state index in [-0.39, 0.29) is 28.7 Å². The van der Waals surface area contributed by atoms with Crippen molar-refractivity contribution in [1.29, 1.82) is 0 Å². The first-order valence-corrected chi connectivity index (χ1v) is 9.26. The van der Waals surface area contributed by atoms with Crippen molar-refractivity contribution in [2.24, 2.45) is 5.73 Å². The molecule has 1 atom stereocenters. The number of hydrogen-bond acceptors (Lipinski definition) is 7. The second-order valence-corrected chi connectivity index (χ2v) is 7.50. The van der Waals surface area contributed by atoms with E-state index in [0.717, 1.165) is 0 Å². The van der Waals surface area contributed by atoms with E-state index in [1.54, 1.807) is 45.2 Å². The van der Waals surface area contributed by atoms with Crippen molar-refractivity contribution in [3.05, 3.63) is 52.1 Å². The zero-order valence-electron chi connectivity index (χ0n) is 13.9. The summed E-state index contributed by atoms with van der Waals surface area (Å²) in [7, 11) is -3.59. The Labute approximate surface area is 141 Å². The molecule has 0 spiro atoms. The number of nitrogens with two attached hydrogens (primary N) is 1. The minimum Gasteiger partial charge on any atom is -0.463 e. The Kier molecular flexibility index (Phi) is 5.28. The highest BCUT2D eigenvalue weighted by atomic mass is 32.2. The molecule has 1 aromatic heterocycles. The summed E-state index contributed by atoms with van der Waals surface area (Å²) in [4.78, 5) is 16.8. The van der Waals surface area contributed by atoms with Gasteiger partial charge in [-0.25, -0.2) is 13.2 Å². The van der Waals surface area contributed by atoms with E-state index >= 15 is 0 Å². The summed E-state index contributed by atoms with van der Waals surface area (Å²) in [6.45, 7) is 5.00. The van der Waals surface area contributed by atoms with Gasteiger partial charge in [0.15, 0.2) is 9.84 Å². The van der Waals surface area contributed by atoms with Gasteiger partial charge in [0.1, 0.15) is 5.82 Å². The lowest BCUT2D eigenvalue weighted by Crippen LogP contribution is -2.36. The fourth-order valence-electron chi connectivity index (χ4n) is 2.67. The highest BCUT2D eigenvalue weighted by Gasteiger charge is 2.40. The number of nitrogens with zero attached hydrogens (tertiary/aromatic N) is 1. The minimum atomic E-state index is -3.59. The van der Waals surface area contributed by atoms with Gasteiger partial charge < -0.3 is 15.8 Å². The summed E-state index contributed by atoms with van der Waals surface area (Å²) >= 11 is 0. The normalized spacial score (nSPS) is 18.4. The second kappa shape index (κ2) is 7.04. The van der Waals surface area contributed by atoms with Gasteiger partial charge in [-0.2, -0.15) is 0 Å². The molecule has 0 fully saturated rings. The van der Waals surface area contributed by atoms with Crippen LogP contribution in [0.15, 0.2) is 46.4 Å². The molecule has 130 valence electrons. The summed E-state index contributed by atoms with van der Waals surface area (Å²) in [5.74, 6) is -1.57. The summed E-state index contributed by atoms with van der Waals surface area (Å²) in [5.41, 5.74) is 6.86. The third-order valence-electron chi connectivity index (χ3n) is 3.73. The third kappa shape index (κ3) is 3.28. The molecule has 2 heterocycles. The van der Waals surface area contributed by atoms with E-state index in [2.05, 4.69) is 10.3 Å². The minimum absolute atomic E-state index is 0.0631. The van der Waals surface area contributed by atoms with Gasteiger partial charge in [0.05, 0.1) is 34.4 Å². The van der Waals surface area contributed by atoms with E-state index in [0.29, 0.717) is 11.4 Å². The maximum absolute atomic E-state index is 12.6. The molecule has 1 aliphatic heterocycles. The van der Waals surface area contributed by atoms with Crippen LogP contribution in [0.3, 0.4) is 0 Å². The molecular formula is C16H21N3O4S. The van der Waals surface area contributed by atoms with Crippen LogP contribution >= 0.6 is 0 Å². The monoisotopic (exact) mass is 351 g/mol. The predicted molar refractivity (Wildman–Crippen MR) is 90.1 cm³/mol. The summed E-state index contributed by atoms with van der Waals surface area (Å²) in [6.07, 6.45) is 1.54. The molecule has 1 aromatic rings. The molecule has 1 aliphatic rings. The molecule has 0 saturated carbocycles. The number of carbonyl (C=O) groups is 1. The summed E-state index contributed by atoms with van der Waals surface area (Å²) in [5, 5.41) is 2.79. The van der Waals surface area contributed by atoms with E-state index in [1.807, 2.05) is 0 Å². The zero-order chi connectivity index (χ0) is 17.9. The quantitative estimate of drug-likeness (QED) is 0.766. The van der Waals surface area contributed by atoms with Gasteiger partial charge in [-0.1, -0.05) is 13.0 Å². The third-order valence-corrected chi connectivity index (χ3v) is 5.70. The van der Waals surface area contributed by atoms with Gasteiger partial charge in [-0.15, -0.1) is 0 Å². The number of aromatic nitrogens is 1. The number of rotatable bonds is 5. The molecule has 0 amide bonds. The van der Waals surface area contributed by atoms with Gasteiger partial charge in [0.25, 0.3) is 0 Å². The van der Waals surface area contributed by atoms with Crippen LogP contribution in [0.4, 0.5) is 0 Å². The number of nitrogens with one attached hydrogen (secondary N) is 1. The molecule has 2 rings (SSSR count). The topological polar surface area (TPSA) is 111 Å². The standard InChI is InChI=1S/C16H21N3O4S/c1-4-23-16(20)13-12(11-8-6-7-9-18-11)14(24(21,22)5-2)10(3)19-15(13)17/h6-9,12,19H,4-5,17H2,1-3H3. The molecule has 0 bridgehead atoms. The van der Waals surface area contributed by atoms with Gasteiger partial charge in [-0.3, -0.25) is 4.98 Å². The Morgan fingerprint density at radius 3 is 2.62 bits per heavy atom. The second-order valence-electron chi connectivity index (χ2n) is 5.25. The van der Waals surface area contributed by atoms with Gasteiger partial charge in [-0.05, 0) is 26.0 Å². The number of dihydropyridines is 1. The van der Waals surface area contributed by atoms with Gasteiger partial charge in [0, 0.05) is 11.9 Å². The van der Waals surface area contributed by atoms with E-state index in [4.69, 9.17) is 10.5 Å². The fourth-order valence-corrected chi connectivity index (χ4v) is 4.09. The van der Waals surface area contributed by atoms with Crippen molar-refractivity contribution in [3.8, 4) is 0 Å². The van der Waals surface area contributed by atoms with Crippen LogP contribution in [0.25, 0.3) is 0 Å². The van der Waals surface area contributed by atoms with Crippen molar-refractivity contribution in [2.45, 2.75) is 26.7 Å². The van der Waals surface area contributed by atoms with E-state index < -0.39 is 21.7 Å². The SMILES string of the molecule is CCOC(=O)C1=C(N)NC(C)=C(S(=O)(=O)CC)C1c1ccccn1. The van der Waals surface area contributed by atoms with Gasteiger partial charge in [0.2, 0.25) is 0 Å². The van der Waals surface area contributed by atoms with Crippen molar-refractivity contribution >= 4 is 15.8 Å². The number of pyridine rings is 1. The molecule has 0 saturated heterocycles. The molecule has 1 unspecified atom stereocenters. The lowest BCUT2D eigenvalue weighted by atomic mass is 9.91. The van der Waals surface area contributed by atoms with E-state index in [1.165, 1.54) is 0 Å². The fraction of sp³-hybridized carbons (Fsp3) is 0.375. The molecule has 0 radical (unpaired) electrons. The Bertz CT molecular complexity index is 798. The van der Waals surface area contributed by atoms with Crippen LogP contribution in [-0.2, 0) is 19.4 Å². The molecule has 7 nitrogen and oxygen atoms in total. The largest absolute Gasteiger partial charge is 0.463 e. The first-order valence-electron chi connectivity index (χ1n) is 7.61. The Morgan fingerprint density at radius 2 is 2.08 bits per heavy atom. The summed E-state index contributed by atoms with van der Waals surface area (Å²) in [6, 6.07) is 5.11. The number of carbonyl (C=O) groups excluding carboxylic acids is 1. The number of sulfone groups is 1. The highest BCUT2D eigenvalue weighted by Crippen LogP contribution is 2.39. The van der Waals surface area contributed by atoms with Crippen LogP contribution in [0, 0.1) is 0 Å². The van der Waals surface area contributed by atoms with Gasteiger partial charge >= 0.3 is 5.97 Å². The van der Waals surface area contributed by atoms with Crippen LogP contribution < -0.4 is 11.1 Å². The first-order chi connectivity index (χ1) is 11.3. The lowest BCUT2D eigenvalue weighted by molar-refractivity contribution is -0.138. The molecular weight excluding hydrogens is 330 g/mol. The summed E-state index contributed by atoms with van der Waals surface area (Å²) < 4.78 is 30.4. The van der Waals surface area contributed by atoms with Crippen molar-refractivity contribution in [2.75, 3.05) is 12.4 Å². The van der Waals surface area contributed by atoms with E-state index in [9.17, 15) is 13.2 Å². The molecule has 0 aliphatic carbocycles. The molecule has 3 N–H and O–H groups in total. The van der Waals surface area contributed by atoms with Crippen LogP contribution in [0.2, 0.25) is 0 Å². The maximum atomic E-state index is 12.6. The average Bonchev–Trinajstić information content (AvgIpc) is 2.54. The van der Waals surface area contributed by atoms with Crippen molar-refractivity contribution in [3.63, 3.8) is 0 Å². The average molecular weight is 351 g/mol. The predicted octanol–water partition coefficient (Wildman–Crippen LogP) is 1.17. The molecule has 8 heteroatoms. The highest BCUT2D eigenvalue weighted by molar-refractivity contribution is 7.95. The van der Waals surface area contributed by atoms with Crippen molar-refractivity contribution in [1.82, 2.24) is 10.3 Å². The van der Waals surface area contributed by atoms with Crippen LogP contribution in [0.5, 0.6) is 0 Å². The molecule has 24 heavy (non-hydrogen) atoms. The number of hydrogen-bond donors (Lipinski definition) is 2. The number of ether oxygens (including phenoxy) is 1. The zero-order valence-corrected chi connectivity index (χ0v) is 14.7. The lowest BCUT2D eigenvalue weighted by Gasteiger charge is -2.29. The number of esters is 1. The van der Waals surface area contributed by atoms with Crippen LogP contribution in [0.1, 0.15) is 32.4 Å². The Morgan fingerprint density at radius 1 is 1.38 bits per heavy atom. The first kappa shape index (κ1) is 18.0.